The number of allylic oxidation sites excluding steroid dienone is 2. The van der Waals surface area contributed by atoms with Gasteiger partial charge in [0.05, 0.1) is 16.0 Å². The molecule has 0 aromatic heterocycles. The van der Waals surface area contributed by atoms with E-state index in [-0.39, 0.29) is 22.4 Å². The lowest BCUT2D eigenvalue weighted by atomic mass is 9.97. The Bertz CT molecular complexity index is 605. The fraction of sp³-hybridized carbons (Fsp3) is 0.417. The van der Waals surface area contributed by atoms with Crippen LogP contribution >= 0.6 is 0 Å². The summed E-state index contributed by atoms with van der Waals surface area (Å²) in [5.74, 6) is -2.16. The van der Waals surface area contributed by atoms with E-state index < -0.39 is 27.8 Å². The summed E-state index contributed by atoms with van der Waals surface area (Å²) >= 11 is 0. The third-order valence-corrected chi connectivity index (χ3v) is 2.88. The highest BCUT2D eigenvalue weighted by Gasteiger charge is 2.28. The second-order valence-electron chi connectivity index (χ2n) is 4.89. The molecule has 6 nitrogen and oxygen atoms in total. The van der Waals surface area contributed by atoms with E-state index in [1.165, 1.54) is 6.08 Å². The average Bonchev–Trinajstić information content (AvgIpc) is 2.25. The van der Waals surface area contributed by atoms with E-state index >= 15 is 0 Å². The Labute approximate surface area is 111 Å². The SMILES string of the molecule is CC(C)(C)OC(=O)C1=CCC(=S(=O)=O)C=C1C(=O)O. The smallest absolute Gasteiger partial charge is 0.339 e. The molecule has 0 unspecified atom stereocenters. The minimum Gasteiger partial charge on any atom is -0.478 e. The molecule has 0 aromatic carbocycles. The van der Waals surface area contributed by atoms with Crippen LogP contribution in [0.5, 0.6) is 0 Å². The molecule has 0 aliphatic heterocycles. The summed E-state index contributed by atoms with van der Waals surface area (Å²) in [5.41, 5.74) is -1.26. The number of carbonyl (C=O) groups excluding carboxylic acids is 1. The van der Waals surface area contributed by atoms with E-state index in [1.807, 2.05) is 0 Å². The molecule has 1 N–H and O–H groups in total. The largest absolute Gasteiger partial charge is 0.478 e. The minimum absolute atomic E-state index is 0.0263. The number of aliphatic carboxylic acids is 1. The lowest BCUT2D eigenvalue weighted by molar-refractivity contribution is -0.150. The van der Waals surface area contributed by atoms with Gasteiger partial charge in [-0.3, -0.25) is 0 Å². The highest BCUT2D eigenvalue weighted by molar-refractivity contribution is 7.73. The van der Waals surface area contributed by atoms with Gasteiger partial charge in [-0.15, -0.1) is 0 Å². The van der Waals surface area contributed by atoms with Crippen molar-refractivity contribution in [1.82, 2.24) is 0 Å². The summed E-state index contributed by atoms with van der Waals surface area (Å²) in [6.07, 6.45) is 2.20. The Balaban J connectivity index is 3.17. The van der Waals surface area contributed by atoms with Crippen LogP contribution in [0.4, 0.5) is 0 Å². The molecule has 7 heteroatoms. The molecule has 1 rings (SSSR count). The van der Waals surface area contributed by atoms with Gasteiger partial charge in [0.1, 0.15) is 5.60 Å². The summed E-state index contributed by atoms with van der Waals surface area (Å²) < 4.78 is 26.7. The molecule has 0 aromatic rings. The van der Waals surface area contributed by atoms with E-state index in [0.29, 0.717) is 0 Å². The maximum Gasteiger partial charge on any atom is 0.339 e. The Hall–Kier alpha value is -1.89. The minimum atomic E-state index is -2.51. The first-order valence-corrected chi connectivity index (χ1v) is 6.53. The molecule has 0 radical (unpaired) electrons. The van der Waals surface area contributed by atoms with Crippen molar-refractivity contribution in [3.8, 4) is 0 Å². The predicted molar refractivity (Wildman–Crippen MR) is 68.2 cm³/mol. The number of esters is 1. The van der Waals surface area contributed by atoms with Crippen molar-refractivity contribution in [3.05, 3.63) is 23.3 Å². The van der Waals surface area contributed by atoms with Crippen LogP contribution in [0.3, 0.4) is 0 Å². The lowest BCUT2D eigenvalue weighted by Gasteiger charge is -2.21. The van der Waals surface area contributed by atoms with Crippen molar-refractivity contribution >= 4 is 27.1 Å². The number of ether oxygens (including phenoxy) is 1. The monoisotopic (exact) mass is 286 g/mol. The molecule has 104 valence electrons. The first kappa shape index (κ1) is 15.2. The molecule has 0 amide bonds. The average molecular weight is 286 g/mol. The molecule has 1 aliphatic rings. The van der Waals surface area contributed by atoms with Crippen molar-refractivity contribution in [2.45, 2.75) is 32.8 Å². The topological polar surface area (TPSA) is 97.7 Å². The van der Waals surface area contributed by atoms with Crippen molar-refractivity contribution < 1.29 is 27.9 Å². The predicted octanol–water partition coefficient (Wildman–Crippen LogP) is 0.721. The van der Waals surface area contributed by atoms with Crippen molar-refractivity contribution in [1.29, 1.82) is 0 Å². The van der Waals surface area contributed by atoms with E-state index in [9.17, 15) is 18.0 Å². The molecule has 1 aliphatic carbocycles. The zero-order valence-electron chi connectivity index (χ0n) is 10.8. The molecule has 0 heterocycles. The van der Waals surface area contributed by atoms with E-state index in [1.54, 1.807) is 20.8 Å². The van der Waals surface area contributed by atoms with Crippen LogP contribution in [0.2, 0.25) is 0 Å². The van der Waals surface area contributed by atoms with Gasteiger partial charge < -0.3 is 9.84 Å². The Morgan fingerprint density at radius 2 is 1.84 bits per heavy atom. The zero-order chi connectivity index (χ0) is 14.8. The maximum atomic E-state index is 11.8. The van der Waals surface area contributed by atoms with Gasteiger partial charge in [0, 0.05) is 6.42 Å². The van der Waals surface area contributed by atoms with Gasteiger partial charge in [0.15, 0.2) is 0 Å². The van der Waals surface area contributed by atoms with Crippen LogP contribution in [0.25, 0.3) is 0 Å². The van der Waals surface area contributed by atoms with E-state index in [2.05, 4.69) is 0 Å². The van der Waals surface area contributed by atoms with Crippen LogP contribution in [-0.2, 0) is 24.6 Å². The van der Waals surface area contributed by atoms with Gasteiger partial charge in [-0.1, -0.05) is 6.08 Å². The van der Waals surface area contributed by atoms with Crippen LogP contribution in [0.1, 0.15) is 27.2 Å². The third-order valence-electron chi connectivity index (χ3n) is 2.17. The fourth-order valence-corrected chi connectivity index (χ4v) is 1.86. The molecule has 0 atom stereocenters. The first-order valence-electron chi connectivity index (χ1n) is 5.46. The van der Waals surface area contributed by atoms with Crippen molar-refractivity contribution in [3.63, 3.8) is 0 Å². The van der Waals surface area contributed by atoms with Crippen LogP contribution in [0.15, 0.2) is 23.3 Å². The molecular formula is C12H14O6S. The quantitative estimate of drug-likeness (QED) is 0.593. The fourth-order valence-electron chi connectivity index (χ4n) is 1.43. The number of carboxylic acid groups (broad SMARTS) is 1. The molecular weight excluding hydrogens is 272 g/mol. The molecule has 0 fully saturated rings. The molecule has 0 saturated heterocycles. The van der Waals surface area contributed by atoms with Gasteiger partial charge in [0.2, 0.25) is 10.3 Å². The Morgan fingerprint density at radius 1 is 1.26 bits per heavy atom. The number of rotatable bonds is 2. The first-order chi connectivity index (χ1) is 8.61. The van der Waals surface area contributed by atoms with Gasteiger partial charge in [-0.25, -0.2) is 9.59 Å². The summed E-state index contributed by atoms with van der Waals surface area (Å²) in [4.78, 5) is 22.8. The molecule has 0 bridgehead atoms. The number of carboxylic acids is 1. The third kappa shape index (κ3) is 4.06. The molecule has 0 spiro atoms. The highest BCUT2D eigenvalue weighted by atomic mass is 32.2. The zero-order valence-corrected chi connectivity index (χ0v) is 11.6. The number of hydrogen-bond acceptors (Lipinski definition) is 5. The standard InChI is InChI=1S/C12H14O6S/c1-12(2,3)18-11(15)8-5-4-7(19(16)17)6-9(8)10(13)14/h5-6H,4H2,1-3H3,(H,13,14). The van der Waals surface area contributed by atoms with Gasteiger partial charge in [0.25, 0.3) is 0 Å². The second-order valence-corrected chi connectivity index (χ2v) is 5.88. The summed E-state index contributed by atoms with van der Waals surface area (Å²) in [7, 11) is -2.51. The lowest BCUT2D eigenvalue weighted by Crippen LogP contribution is -2.27. The van der Waals surface area contributed by atoms with Crippen molar-refractivity contribution in [2.24, 2.45) is 0 Å². The molecule has 19 heavy (non-hydrogen) atoms. The summed E-state index contributed by atoms with van der Waals surface area (Å²) in [6.45, 7) is 4.97. The van der Waals surface area contributed by atoms with E-state index in [0.717, 1.165) is 6.08 Å². The Morgan fingerprint density at radius 3 is 2.26 bits per heavy atom. The van der Waals surface area contributed by atoms with Gasteiger partial charge in [-0.05, 0) is 26.8 Å². The normalized spacial score (nSPS) is 15.4. The highest BCUT2D eigenvalue weighted by Crippen LogP contribution is 2.21. The van der Waals surface area contributed by atoms with Crippen molar-refractivity contribution in [2.75, 3.05) is 0 Å². The second kappa shape index (κ2) is 5.40. The summed E-state index contributed by atoms with van der Waals surface area (Å²) in [6, 6.07) is 0. The van der Waals surface area contributed by atoms with Gasteiger partial charge >= 0.3 is 11.9 Å². The summed E-state index contributed by atoms with van der Waals surface area (Å²) in [5, 5.41) is 9.02. The maximum absolute atomic E-state index is 11.8. The van der Waals surface area contributed by atoms with Crippen LogP contribution in [-0.4, -0.2) is 35.9 Å². The van der Waals surface area contributed by atoms with E-state index in [4.69, 9.17) is 9.84 Å². The van der Waals surface area contributed by atoms with Crippen LogP contribution in [0, 0.1) is 0 Å². The number of carbonyl (C=O) groups is 2. The molecule has 0 saturated carbocycles. The van der Waals surface area contributed by atoms with Gasteiger partial charge in [-0.2, -0.15) is 8.42 Å². The van der Waals surface area contributed by atoms with Crippen LogP contribution < -0.4 is 0 Å². The number of hydrogen-bond donors (Lipinski definition) is 1. The Kier molecular flexibility index (Phi) is 4.31.